The number of carbonyl (C=O) groups excluding carboxylic acids is 2. The fourth-order valence-electron chi connectivity index (χ4n) is 2.99. The fourth-order valence-corrected chi connectivity index (χ4v) is 3.19. The molecule has 2 amide bonds. The van der Waals surface area contributed by atoms with Crippen molar-refractivity contribution in [3.8, 4) is 5.75 Å². The highest BCUT2D eigenvalue weighted by Crippen LogP contribution is 2.18. The fraction of sp³-hybridized carbons (Fsp3) is 0.318. The molecule has 1 saturated heterocycles. The number of methoxy groups -OCH3 is 1. The van der Waals surface area contributed by atoms with E-state index in [2.05, 4.69) is 10.6 Å². The average Bonchev–Trinajstić information content (AvgIpc) is 2.80. The van der Waals surface area contributed by atoms with Crippen LogP contribution in [0.3, 0.4) is 0 Å². The highest BCUT2D eigenvalue weighted by Gasteiger charge is 2.21. The third-order valence-corrected chi connectivity index (χ3v) is 4.81. The number of anilines is 1. The minimum atomic E-state index is -0.363. The molecule has 0 atom stereocenters. The maximum Gasteiger partial charge on any atom is 0.257 e. The van der Waals surface area contributed by atoms with Gasteiger partial charge in [-0.2, -0.15) is 0 Å². The Balaban J connectivity index is 1.59. The van der Waals surface area contributed by atoms with Crippen molar-refractivity contribution < 1.29 is 23.8 Å². The molecule has 0 saturated carbocycles. The zero-order valence-corrected chi connectivity index (χ0v) is 18.1. The summed E-state index contributed by atoms with van der Waals surface area (Å²) in [5, 5.41) is 5.70. The summed E-state index contributed by atoms with van der Waals surface area (Å²) in [5.74, 6) is 0.173. The SMILES string of the molecule is COCCOc1ccc(C(=O)NC(=S)Nc2ccccc2C(=O)N2CCOCC2)cc1. The van der Waals surface area contributed by atoms with Crippen LogP contribution in [0.25, 0.3) is 0 Å². The van der Waals surface area contributed by atoms with Gasteiger partial charge >= 0.3 is 0 Å². The summed E-state index contributed by atoms with van der Waals surface area (Å²) in [7, 11) is 1.60. The van der Waals surface area contributed by atoms with E-state index in [0.29, 0.717) is 62.1 Å². The van der Waals surface area contributed by atoms with Crippen LogP contribution in [0.4, 0.5) is 5.69 Å². The zero-order chi connectivity index (χ0) is 22.1. The lowest BCUT2D eigenvalue weighted by Gasteiger charge is -2.27. The summed E-state index contributed by atoms with van der Waals surface area (Å²) >= 11 is 5.28. The number of ether oxygens (including phenoxy) is 3. The quantitative estimate of drug-likeness (QED) is 0.501. The molecule has 2 aromatic carbocycles. The molecule has 1 aliphatic heterocycles. The van der Waals surface area contributed by atoms with E-state index < -0.39 is 0 Å². The Bertz CT molecular complexity index is 914. The molecule has 8 nitrogen and oxygen atoms in total. The van der Waals surface area contributed by atoms with Gasteiger partial charge in [0.15, 0.2) is 5.11 Å². The highest BCUT2D eigenvalue weighted by molar-refractivity contribution is 7.80. The van der Waals surface area contributed by atoms with Crippen LogP contribution in [0.15, 0.2) is 48.5 Å². The summed E-state index contributed by atoms with van der Waals surface area (Å²) in [4.78, 5) is 27.1. The number of benzene rings is 2. The molecule has 0 aliphatic carbocycles. The average molecular weight is 444 g/mol. The van der Waals surface area contributed by atoms with Crippen molar-refractivity contribution in [2.75, 3.05) is 51.9 Å². The summed E-state index contributed by atoms with van der Waals surface area (Å²) in [6, 6.07) is 13.8. The van der Waals surface area contributed by atoms with Crippen LogP contribution in [0.2, 0.25) is 0 Å². The molecule has 2 aromatic rings. The second kappa shape index (κ2) is 11.4. The van der Waals surface area contributed by atoms with Crippen LogP contribution in [0.5, 0.6) is 5.75 Å². The van der Waals surface area contributed by atoms with Gasteiger partial charge in [0.25, 0.3) is 11.8 Å². The molecule has 0 radical (unpaired) electrons. The maximum atomic E-state index is 12.9. The first-order chi connectivity index (χ1) is 15.1. The molecule has 9 heteroatoms. The summed E-state index contributed by atoms with van der Waals surface area (Å²) in [6.45, 7) is 3.04. The lowest BCUT2D eigenvalue weighted by atomic mass is 10.1. The molecule has 0 aromatic heterocycles. The van der Waals surface area contributed by atoms with Crippen LogP contribution in [0.1, 0.15) is 20.7 Å². The molecule has 3 rings (SSSR count). The molecule has 0 spiro atoms. The zero-order valence-electron chi connectivity index (χ0n) is 17.3. The minimum absolute atomic E-state index is 0.104. The number of morpholine rings is 1. The molecule has 0 unspecified atom stereocenters. The lowest BCUT2D eigenvalue weighted by molar-refractivity contribution is 0.0303. The first kappa shape index (κ1) is 22.7. The predicted molar refractivity (Wildman–Crippen MR) is 121 cm³/mol. The molecule has 2 N–H and O–H groups in total. The van der Waals surface area contributed by atoms with Crippen LogP contribution < -0.4 is 15.4 Å². The largest absolute Gasteiger partial charge is 0.491 e. The number of para-hydroxylation sites is 1. The van der Waals surface area contributed by atoms with Gasteiger partial charge < -0.3 is 24.4 Å². The van der Waals surface area contributed by atoms with E-state index in [1.165, 1.54) is 0 Å². The van der Waals surface area contributed by atoms with Crippen molar-refractivity contribution in [1.29, 1.82) is 0 Å². The summed E-state index contributed by atoms with van der Waals surface area (Å²) in [6.07, 6.45) is 0. The topological polar surface area (TPSA) is 89.1 Å². The number of thiocarbonyl (C=S) groups is 1. The van der Waals surface area contributed by atoms with Crippen LogP contribution in [0, 0.1) is 0 Å². The summed E-state index contributed by atoms with van der Waals surface area (Å²) < 4.78 is 15.7. The molecule has 1 heterocycles. The monoisotopic (exact) mass is 443 g/mol. The Hall–Kier alpha value is -3.01. The van der Waals surface area contributed by atoms with Crippen LogP contribution in [-0.4, -0.2) is 68.5 Å². The third-order valence-electron chi connectivity index (χ3n) is 4.60. The van der Waals surface area contributed by atoms with Crippen molar-refractivity contribution >= 4 is 34.8 Å². The van der Waals surface area contributed by atoms with E-state index in [1.54, 1.807) is 60.5 Å². The van der Waals surface area contributed by atoms with Gasteiger partial charge in [0, 0.05) is 25.8 Å². The first-order valence-electron chi connectivity index (χ1n) is 9.88. The molecular weight excluding hydrogens is 418 g/mol. The Morgan fingerprint density at radius 1 is 1.06 bits per heavy atom. The van der Waals surface area contributed by atoms with Crippen molar-refractivity contribution in [2.24, 2.45) is 0 Å². The number of hydrogen-bond acceptors (Lipinski definition) is 6. The number of amides is 2. The van der Waals surface area contributed by atoms with Gasteiger partial charge in [0.2, 0.25) is 0 Å². The minimum Gasteiger partial charge on any atom is -0.491 e. The van der Waals surface area contributed by atoms with E-state index in [1.807, 2.05) is 0 Å². The van der Waals surface area contributed by atoms with E-state index in [-0.39, 0.29) is 16.9 Å². The van der Waals surface area contributed by atoms with Gasteiger partial charge in [-0.15, -0.1) is 0 Å². The molecular formula is C22H25N3O5S. The van der Waals surface area contributed by atoms with E-state index in [0.717, 1.165) is 0 Å². The highest BCUT2D eigenvalue weighted by atomic mass is 32.1. The van der Waals surface area contributed by atoms with Gasteiger partial charge in [0.1, 0.15) is 12.4 Å². The smallest absolute Gasteiger partial charge is 0.257 e. The molecule has 31 heavy (non-hydrogen) atoms. The Morgan fingerprint density at radius 3 is 2.48 bits per heavy atom. The number of hydrogen-bond donors (Lipinski definition) is 2. The van der Waals surface area contributed by atoms with E-state index in [9.17, 15) is 9.59 Å². The van der Waals surface area contributed by atoms with Gasteiger partial charge in [0.05, 0.1) is 31.1 Å². The molecule has 0 bridgehead atoms. The Labute approximate surface area is 186 Å². The Kier molecular flexibility index (Phi) is 8.34. The predicted octanol–water partition coefficient (Wildman–Crippen LogP) is 2.31. The van der Waals surface area contributed by atoms with Crippen molar-refractivity contribution in [3.63, 3.8) is 0 Å². The van der Waals surface area contributed by atoms with E-state index in [4.69, 9.17) is 26.4 Å². The number of carbonyl (C=O) groups is 2. The van der Waals surface area contributed by atoms with E-state index >= 15 is 0 Å². The second-order valence-electron chi connectivity index (χ2n) is 6.72. The number of nitrogens with one attached hydrogen (secondary N) is 2. The Morgan fingerprint density at radius 2 is 1.77 bits per heavy atom. The first-order valence-corrected chi connectivity index (χ1v) is 10.3. The standard InChI is InChI=1S/C22H25N3O5S/c1-28-14-15-30-17-8-6-16(7-9-17)20(26)24-22(31)23-19-5-3-2-4-18(19)21(27)25-10-12-29-13-11-25/h2-9H,10-15H2,1H3,(H2,23,24,26,31). The molecule has 164 valence electrons. The van der Waals surface area contributed by atoms with Crippen molar-refractivity contribution in [3.05, 3.63) is 59.7 Å². The van der Waals surface area contributed by atoms with Crippen LogP contribution in [-0.2, 0) is 9.47 Å². The number of rotatable bonds is 7. The second-order valence-corrected chi connectivity index (χ2v) is 7.13. The van der Waals surface area contributed by atoms with Crippen molar-refractivity contribution in [2.45, 2.75) is 0 Å². The molecule has 1 fully saturated rings. The van der Waals surface area contributed by atoms with Crippen molar-refractivity contribution in [1.82, 2.24) is 10.2 Å². The molecule has 1 aliphatic rings. The normalized spacial score (nSPS) is 13.4. The summed E-state index contributed by atoms with van der Waals surface area (Å²) in [5.41, 5.74) is 1.45. The van der Waals surface area contributed by atoms with Crippen LogP contribution >= 0.6 is 12.2 Å². The van der Waals surface area contributed by atoms with Gasteiger partial charge in [-0.1, -0.05) is 12.1 Å². The maximum absolute atomic E-state index is 12.9. The third kappa shape index (κ3) is 6.48. The van der Waals surface area contributed by atoms with Gasteiger partial charge in [-0.3, -0.25) is 14.9 Å². The number of nitrogens with zero attached hydrogens (tertiary/aromatic N) is 1. The van der Waals surface area contributed by atoms with Gasteiger partial charge in [-0.25, -0.2) is 0 Å². The lowest BCUT2D eigenvalue weighted by Crippen LogP contribution is -2.41. The van der Waals surface area contributed by atoms with Gasteiger partial charge in [-0.05, 0) is 48.6 Å².